The molecule has 1 aromatic heterocycles. The Kier molecular flexibility index (Phi) is 5.69. The molecule has 0 aliphatic carbocycles. The molecule has 4 aromatic rings. The van der Waals surface area contributed by atoms with Crippen molar-refractivity contribution in [3.8, 4) is 21.8 Å². The van der Waals surface area contributed by atoms with Gasteiger partial charge >= 0.3 is 0 Å². The molecule has 29 heavy (non-hydrogen) atoms. The number of carbonyl (C=O) groups excluding carboxylic acids is 1. The summed E-state index contributed by atoms with van der Waals surface area (Å²) in [6.07, 6.45) is 0.173. The van der Waals surface area contributed by atoms with E-state index in [1.165, 1.54) is 35.6 Å². The lowest BCUT2D eigenvalue weighted by Gasteiger charge is -2.05. The van der Waals surface area contributed by atoms with Crippen LogP contribution in [0.1, 0.15) is 4.88 Å². The van der Waals surface area contributed by atoms with Crippen molar-refractivity contribution in [1.29, 1.82) is 0 Å². The number of anilines is 1. The number of halogens is 2. The van der Waals surface area contributed by atoms with Crippen LogP contribution in [0.25, 0.3) is 21.8 Å². The second kappa shape index (κ2) is 8.55. The number of nitrogens with zero attached hydrogens (tertiary/aromatic N) is 1. The lowest BCUT2D eigenvalue weighted by Crippen LogP contribution is -2.14. The fourth-order valence-electron chi connectivity index (χ4n) is 2.89. The lowest BCUT2D eigenvalue weighted by molar-refractivity contribution is -0.115. The highest BCUT2D eigenvalue weighted by Crippen LogP contribution is 2.34. The SMILES string of the molecule is O=C(Cc1sc(-c2ccc(Cl)cc2)nc1-c1ccccc1)Nc1ccc(F)cc1. The van der Waals surface area contributed by atoms with E-state index in [1.807, 2.05) is 54.6 Å². The van der Waals surface area contributed by atoms with Gasteiger partial charge in [0.05, 0.1) is 12.1 Å². The second-order valence-electron chi connectivity index (χ2n) is 6.40. The summed E-state index contributed by atoms with van der Waals surface area (Å²) in [5, 5.41) is 4.29. The first-order chi connectivity index (χ1) is 14.1. The van der Waals surface area contributed by atoms with Crippen molar-refractivity contribution >= 4 is 34.5 Å². The molecule has 3 nitrogen and oxygen atoms in total. The number of thiazole rings is 1. The largest absolute Gasteiger partial charge is 0.326 e. The maximum absolute atomic E-state index is 13.1. The molecule has 1 N–H and O–H groups in total. The number of aromatic nitrogens is 1. The molecule has 0 fully saturated rings. The number of amides is 1. The van der Waals surface area contributed by atoms with E-state index < -0.39 is 0 Å². The maximum Gasteiger partial charge on any atom is 0.229 e. The van der Waals surface area contributed by atoms with Gasteiger partial charge in [-0.15, -0.1) is 11.3 Å². The van der Waals surface area contributed by atoms with Gasteiger partial charge in [-0.1, -0.05) is 54.1 Å². The Morgan fingerprint density at radius 1 is 0.931 bits per heavy atom. The van der Waals surface area contributed by atoms with Crippen molar-refractivity contribution in [3.05, 3.63) is 94.6 Å². The van der Waals surface area contributed by atoms with E-state index in [2.05, 4.69) is 5.32 Å². The first-order valence-electron chi connectivity index (χ1n) is 8.95. The monoisotopic (exact) mass is 422 g/mol. The Hall–Kier alpha value is -3.02. The zero-order chi connectivity index (χ0) is 20.2. The smallest absolute Gasteiger partial charge is 0.229 e. The van der Waals surface area contributed by atoms with E-state index >= 15 is 0 Å². The molecule has 6 heteroatoms. The molecule has 0 aliphatic heterocycles. The van der Waals surface area contributed by atoms with Gasteiger partial charge < -0.3 is 5.32 Å². The number of benzene rings is 3. The summed E-state index contributed by atoms with van der Waals surface area (Å²) in [4.78, 5) is 18.3. The number of nitrogens with one attached hydrogen (secondary N) is 1. The van der Waals surface area contributed by atoms with Gasteiger partial charge in [0.25, 0.3) is 0 Å². The van der Waals surface area contributed by atoms with E-state index in [1.54, 1.807) is 0 Å². The van der Waals surface area contributed by atoms with Crippen LogP contribution in [0.2, 0.25) is 5.02 Å². The third-order valence-corrected chi connectivity index (χ3v) is 5.64. The Bertz CT molecular complexity index is 1130. The summed E-state index contributed by atoms with van der Waals surface area (Å²) >= 11 is 7.47. The molecule has 0 radical (unpaired) electrons. The average molecular weight is 423 g/mol. The van der Waals surface area contributed by atoms with E-state index in [-0.39, 0.29) is 18.1 Å². The minimum Gasteiger partial charge on any atom is -0.326 e. The third kappa shape index (κ3) is 4.70. The zero-order valence-corrected chi connectivity index (χ0v) is 16.8. The molecular formula is C23H16ClFN2OS. The summed E-state index contributed by atoms with van der Waals surface area (Å²) in [5.41, 5.74) is 3.24. The van der Waals surface area contributed by atoms with E-state index in [4.69, 9.17) is 16.6 Å². The minimum atomic E-state index is -0.343. The van der Waals surface area contributed by atoms with Crippen molar-refractivity contribution in [2.24, 2.45) is 0 Å². The normalized spacial score (nSPS) is 10.7. The highest BCUT2D eigenvalue weighted by atomic mass is 35.5. The summed E-state index contributed by atoms with van der Waals surface area (Å²) in [7, 11) is 0. The minimum absolute atomic E-state index is 0.173. The fourth-order valence-corrected chi connectivity index (χ4v) is 4.11. The van der Waals surface area contributed by atoms with Crippen molar-refractivity contribution in [3.63, 3.8) is 0 Å². The van der Waals surface area contributed by atoms with Crippen LogP contribution < -0.4 is 5.32 Å². The summed E-state index contributed by atoms with van der Waals surface area (Å²) in [5.74, 6) is -0.524. The molecule has 0 atom stereocenters. The van der Waals surface area contributed by atoms with Crippen LogP contribution in [-0.4, -0.2) is 10.9 Å². The van der Waals surface area contributed by atoms with Gasteiger partial charge in [0.2, 0.25) is 5.91 Å². The highest BCUT2D eigenvalue weighted by molar-refractivity contribution is 7.15. The van der Waals surface area contributed by atoms with Gasteiger partial charge in [-0.3, -0.25) is 4.79 Å². The molecule has 0 spiro atoms. The van der Waals surface area contributed by atoms with Gasteiger partial charge in [-0.2, -0.15) is 0 Å². The first kappa shape index (κ1) is 19.3. The number of hydrogen-bond acceptors (Lipinski definition) is 3. The van der Waals surface area contributed by atoms with Crippen LogP contribution in [-0.2, 0) is 11.2 Å². The Morgan fingerprint density at radius 2 is 1.62 bits per heavy atom. The van der Waals surface area contributed by atoms with Crippen LogP contribution in [0, 0.1) is 5.82 Å². The molecule has 0 saturated heterocycles. The predicted octanol–water partition coefficient (Wildman–Crippen LogP) is 6.45. The van der Waals surface area contributed by atoms with Gasteiger partial charge in [0.15, 0.2) is 0 Å². The quantitative estimate of drug-likeness (QED) is 0.401. The molecule has 0 bridgehead atoms. The van der Waals surface area contributed by atoms with Gasteiger partial charge in [-0.25, -0.2) is 9.37 Å². The van der Waals surface area contributed by atoms with E-state index in [9.17, 15) is 9.18 Å². The van der Waals surface area contributed by atoms with Crippen LogP contribution >= 0.6 is 22.9 Å². The molecule has 144 valence electrons. The highest BCUT2D eigenvalue weighted by Gasteiger charge is 2.17. The van der Waals surface area contributed by atoms with Crippen molar-refractivity contribution < 1.29 is 9.18 Å². The predicted molar refractivity (Wildman–Crippen MR) is 117 cm³/mol. The first-order valence-corrected chi connectivity index (χ1v) is 10.1. The van der Waals surface area contributed by atoms with Gasteiger partial charge in [-0.05, 0) is 36.4 Å². The topological polar surface area (TPSA) is 42.0 Å². The van der Waals surface area contributed by atoms with Crippen LogP contribution in [0.5, 0.6) is 0 Å². The number of carbonyl (C=O) groups is 1. The number of rotatable bonds is 5. The van der Waals surface area contributed by atoms with Crippen LogP contribution in [0.15, 0.2) is 78.9 Å². The average Bonchev–Trinajstić information content (AvgIpc) is 3.14. The second-order valence-corrected chi connectivity index (χ2v) is 7.92. The molecule has 0 aliphatic rings. The summed E-state index contributed by atoms with van der Waals surface area (Å²) in [6, 6.07) is 23.0. The van der Waals surface area contributed by atoms with Crippen molar-refractivity contribution in [2.45, 2.75) is 6.42 Å². The van der Waals surface area contributed by atoms with Crippen LogP contribution in [0.4, 0.5) is 10.1 Å². The summed E-state index contributed by atoms with van der Waals surface area (Å²) in [6.45, 7) is 0. The van der Waals surface area contributed by atoms with E-state index in [0.717, 1.165) is 26.7 Å². The molecule has 3 aromatic carbocycles. The molecule has 1 amide bonds. The Labute approximate surface area is 176 Å². The molecular weight excluding hydrogens is 407 g/mol. The maximum atomic E-state index is 13.1. The standard InChI is InChI=1S/C23H16ClFN2OS/c24-17-8-6-16(7-9-17)23-27-22(15-4-2-1-3-5-15)20(29-23)14-21(28)26-19-12-10-18(25)11-13-19/h1-13H,14H2,(H,26,28). The third-order valence-electron chi connectivity index (χ3n) is 4.28. The van der Waals surface area contributed by atoms with Crippen LogP contribution in [0.3, 0.4) is 0 Å². The lowest BCUT2D eigenvalue weighted by atomic mass is 10.1. The van der Waals surface area contributed by atoms with Crippen molar-refractivity contribution in [2.75, 3.05) is 5.32 Å². The van der Waals surface area contributed by atoms with E-state index in [0.29, 0.717) is 10.7 Å². The molecule has 0 unspecified atom stereocenters. The van der Waals surface area contributed by atoms with Crippen molar-refractivity contribution in [1.82, 2.24) is 4.98 Å². The Balaban J connectivity index is 1.64. The fraction of sp³-hybridized carbons (Fsp3) is 0.0435. The zero-order valence-electron chi connectivity index (χ0n) is 15.2. The molecule has 4 rings (SSSR count). The van der Waals surface area contributed by atoms with Gasteiger partial charge in [0.1, 0.15) is 10.8 Å². The Morgan fingerprint density at radius 3 is 2.31 bits per heavy atom. The molecule has 1 heterocycles. The molecule has 0 saturated carbocycles. The summed E-state index contributed by atoms with van der Waals surface area (Å²) < 4.78 is 13.1. The van der Waals surface area contributed by atoms with Gasteiger partial charge in [0, 0.05) is 26.7 Å². The number of hydrogen-bond donors (Lipinski definition) is 1.